The van der Waals surface area contributed by atoms with E-state index in [1.54, 1.807) is 0 Å². The lowest BCUT2D eigenvalue weighted by atomic mass is 9.93. The fraction of sp³-hybridized carbons (Fsp3) is 0.500. The molecule has 1 aromatic carbocycles. The third-order valence-electron chi connectivity index (χ3n) is 3.16. The van der Waals surface area contributed by atoms with E-state index in [-0.39, 0.29) is 5.41 Å². The SMILES string of the molecule is CC(C)Cc1cccc(C2(C=O)CC2)c1. The Labute approximate surface area is 91.5 Å². The van der Waals surface area contributed by atoms with Crippen molar-refractivity contribution in [3.8, 4) is 0 Å². The molecule has 0 saturated heterocycles. The smallest absolute Gasteiger partial charge is 0.130 e. The van der Waals surface area contributed by atoms with Crippen LogP contribution in [0.3, 0.4) is 0 Å². The first kappa shape index (κ1) is 10.4. The van der Waals surface area contributed by atoms with Gasteiger partial charge in [0.25, 0.3) is 0 Å². The van der Waals surface area contributed by atoms with E-state index >= 15 is 0 Å². The molecule has 0 N–H and O–H groups in total. The number of aldehydes is 1. The quantitative estimate of drug-likeness (QED) is 0.686. The van der Waals surface area contributed by atoms with Crippen molar-refractivity contribution in [1.82, 2.24) is 0 Å². The highest BCUT2D eigenvalue weighted by Gasteiger charge is 2.44. The molecule has 1 aliphatic rings. The summed E-state index contributed by atoms with van der Waals surface area (Å²) in [5, 5.41) is 0. The molecule has 1 aromatic rings. The first-order valence-electron chi connectivity index (χ1n) is 5.72. The van der Waals surface area contributed by atoms with Gasteiger partial charge in [-0.25, -0.2) is 0 Å². The highest BCUT2D eigenvalue weighted by atomic mass is 16.1. The Morgan fingerprint density at radius 3 is 2.67 bits per heavy atom. The minimum Gasteiger partial charge on any atom is -0.302 e. The number of hydrogen-bond acceptors (Lipinski definition) is 1. The number of rotatable bonds is 4. The van der Waals surface area contributed by atoms with E-state index in [2.05, 4.69) is 38.1 Å². The molecule has 1 fully saturated rings. The summed E-state index contributed by atoms with van der Waals surface area (Å²) in [6.07, 6.45) is 4.29. The zero-order valence-corrected chi connectivity index (χ0v) is 9.49. The van der Waals surface area contributed by atoms with Gasteiger partial charge in [-0.2, -0.15) is 0 Å². The fourth-order valence-electron chi connectivity index (χ4n) is 2.09. The number of carbonyl (C=O) groups excluding carboxylic acids is 1. The molecule has 80 valence electrons. The molecule has 1 aliphatic carbocycles. The fourth-order valence-corrected chi connectivity index (χ4v) is 2.09. The lowest BCUT2D eigenvalue weighted by Gasteiger charge is -2.11. The van der Waals surface area contributed by atoms with Gasteiger partial charge < -0.3 is 4.79 Å². The standard InChI is InChI=1S/C14H18O/c1-11(2)8-12-4-3-5-13(9-12)14(10-15)6-7-14/h3-5,9-11H,6-8H2,1-2H3. The van der Waals surface area contributed by atoms with E-state index in [0.29, 0.717) is 5.92 Å². The summed E-state index contributed by atoms with van der Waals surface area (Å²) >= 11 is 0. The second kappa shape index (κ2) is 3.80. The maximum Gasteiger partial charge on any atom is 0.130 e. The average Bonchev–Trinajstić information content (AvgIpc) is 2.97. The normalized spacial score (nSPS) is 17.8. The number of hydrogen-bond donors (Lipinski definition) is 0. The predicted molar refractivity (Wildman–Crippen MR) is 62.0 cm³/mol. The van der Waals surface area contributed by atoms with Crippen LogP contribution < -0.4 is 0 Å². The monoisotopic (exact) mass is 202 g/mol. The second-order valence-corrected chi connectivity index (χ2v) is 5.07. The highest BCUT2D eigenvalue weighted by Crippen LogP contribution is 2.46. The topological polar surface area (TPSA) is 17.1 Å². The third-order valence-corrected chi connectivity index (χ3v) is 3.16. The molecule has 0 radical (unpaired) electrons. The van der Waals surface area contributed by atoms with Crippen molar-refractivity contribution in [2.24, 2.45) is 5.92 Å². The average molecular weight is 202 g/mol. The summed E-state index contributed by atoms with van der Waals surface area (Å²) in [4.78, 5) is 11.0. The summed E-state index contributed by atoms with van der Waals surface area (Å²) in [6.45, 7) is 4.44. The number of carbonyl (C=O) groups is 1. The van der Waals surface area contributed by atoms with Crippen molar-refractivity contribution in [3.63, 3.8) is 0 Å². The van der Waals surface area contributed by atoms with Crippen LogP contribution in [0.25, 0.3) is 0 Å². The molecule has 1 nitrogen and oxygen atoms in total. The van der Waals surface area contributed by atoms with Crippen LogP contribution in [0.1, 0.15) is 37.8 Å². The molecular formula is C14H18O. The van der Waals surface area contributed by atoms with Gasteiger partial charge in [-0.3, -0.25) is 0 Å². The molecular weight excluding hydrogens is 184 g/mol. The van der Waals surface area contributed by atoms with Crippen LogP contribution in [0.5, 0.6) is 0 Å². The van der Waals surface area contributed by atoms with Crippen LogP contribution in [0.4, 0.5) is 0 Å². The van der Waals surface area contributed by atoms with Crippen molar-refractivity contribution in [3.05, 3.63) is 35.4 Å². The van der Waals surface area contributed by atoms with Crippen LogP contribution in [-0.4, -0.2) is 6.29 Å². The highest BCUT2D eigenvalue weighted by molar-refractivity contribution is 5.73. The molecule has 0 spiro atoms. The first-order valence-corrected chi connectivity index (χ1v) is 5.72. The van der Waals surface area contributed by atoms with Gasteiger partial charge in [0.15, 0.2) is 0 Å². The molecule has 0 bridgehead atoms. The van der Waals surface area contributed by atoms with Gasteiger partial charge in [0.05, 0.1) is 5.41 Å². The summed E-state index contributed by atoms with van der Waals surface area (Å²) < 4.78 is 0. The first-order chi connectivity index (χ1) is 7.16. The van der Waals surface area contributed by atoms with Gasteiger partial charge in [-0.15, -0.1) is 0 Å². The Kier molecular flexibility index (Phi) is 2.64. The Morgan fingerprint density at radius 1 is 1.40 bits per heavy atom. The van der Waals surface area contributed by atoms with Gasteiger partial charge in [0.1, 0.15) is 6.29 Å². The maximum absolute atomic E-state index is 11.0. The molecule has 2 rings (SSSR count). The van der Waals surface area contributed by atoms with Gasteiger partial charge in [-0.1, -0.05) is 38.1 Å². The Morgan fingerprint density at radius 2 is 2.13 bits per heavy atom. The van der Waals surface area contributed by atoms with E-state index in [0.717, 1.165) is 25.5 Å². The molecule has 0 aromatic heterocycles. The zero-order chi connectivity index (χ0) is 10.9. The third kappa shape index (κ3) is 2.11. The van der Waals surface area contributed by atoms with Gasteiger partial charge in [-0.05, 0) is 36.3 Å². The van der Waals surface area contributed by atoms with Crippen molar-refractivity contribution in [2.75, 3.05) is 0 Å². The summed E-state index contributed by atoms with van der Waals surface area (Å²) in [6, 6.07) is 8.54. The van der Waals surface area contributed by atoms with Crippen LogP contribution >= 0.6 is 0 Å². The van der Waals surface area contributed by atoms with Crippen LogP contribution in [-0.2, 0) is 16.6 Å². The summed E-state index contributed by atoms with van der Waals surface area (Å²) in [7, 11) is 0. The Hall–Kier alpha value is -1.11. The van der Waals surface area contributed by atoms with Crippen molar-refractivity contribution < 1.29 is 4.79 Å². The maximum atomic E-state index is 11.0. The van der Waals surface area contributed by atoms with E-state index in [4.69, 9.17) is 0 Å². The van der Waals surface area contributed by atoms with E-state index < -0.39 is 0 Å². The molecule has 15 heavy (non-hydrogen) atoms. The zero-order valence-electron chi connectivity index (χ0n) is 9.49. The molecule has 0 unspecified atom stereocenters. The second-order valence-electron chi connectivity index (χ2n) is 5.07. The molecule has 1 saturated carbocycles. The van der Waals surface area contributed by atoms with Crippen molar-refractivity contribution in [2.45, 2.75) is 38.5 Å². The molecule has 0 heterocycles. The largest absolute Gasteiger partial charge is 0.302 e. The minimum atomic E-state index is -0.118. The van der Waals surface area contributed by atoms with E-state index in [9.17, 15) is 4.79 Å². The van der Waals surface area contributed by atoms with Crippen LogP contribution in [0.15, 0.2) is 24.3 Å². The molecule has 0 aliphatic heterocycles. The van der Waals surface area contributed by atoms with Crippen molar-refractivity contribution in [1.29, 1.82) is 0 Å². The van der Waals surface area contributed by atoms with E-state index in [1.807, 2.05) is 0 Å². The van der Waals surface area contributed by atoms with Gasteiger partial charge in [0, 0.05) is 0 Å². The van der Waals surface area contributed by atoms with E-state index in [1.165, 1.54) is 11.1 Å². The molecule has 0 atom stereocenters. The molecule has 0 amide bonds. The Balaban J connectivity index is 2.23. The lowest BCUT2D eigenvalue weighted by molar-refractivity contribution is -0.109. The summed E-state index contributed by atoms with van der Waals surface area (Å²) in [5.41, 5.74) is 2.46. The lowest BCUT2D eigenvalue weighted by Crippen LogP contribution is -2.08. The van der Waals surface area contributed by atoms with Crippen LogP contribution in [0, 0.1) is 5.92 Å². The van der Waals surface area contributed by atoms with Crippen molar-refractivity contribution >= 4 is 6.29 Å². The predicted octanol–water partition coefficient (Wildman–Crippen LogP) is 3.12. The Bertz CT molecular complexity index is 361. The van der Waals surface area contributed by atoms with Crippen LogP contribution in [0.2, 0.25) is 0 Å². The summed E-state index contributed by atoms with van der Waals surface area (Å²) in [5.74, 6) is 0.673. The van der Waals surface area contributed by atoms with Gasteiger partial charge >= 0.3 is 0 Å². The van der Waals surface area contributed by atoms with Gasteiger partial charge in [0.2, 0.25) is 0 Å². The number of benzene rings is 1. The minimum absolute atomic E-state index is 0.118. The molecule has 1 heteroatoms.